The Hall–Kier alpha value is -0.570. The van der Waals surface area contributed by atoms with Crippen LogP contribution < -0.4 is 0 Å². The van der Waals surface area contributed by atoms with Gasteiger partial charge in [0, 0.05) is 12.0 Å². The summed E-state index contributed by atoms with van der Waals surface area (Å²) in [7, 11) is 0. The highest BCUT2D eigenvalue weighted by Crippen LogP contribution is 2.47. The first-order chi connectivity index (χ1) is 6.73. The normalized spacial score (nSPS) is 33.7. The van der Waals surface area contributed by atoms with Crippen molar-refractivity contribution in [2.75, 3.05) is 13.2 Å². The Morgan fingerprint density at radius 2 is 2.14 bits per heavy atom. The molecule has 2 rings (SSSR count). The molecule has 2 fully saturated rings. The molecule has 0 aromatic carbocycles. The predicted octanol–water partition coefficient (Wildman–Crippen LogP) is 2.06. The van der Waals surface area contributed by atoms with E-state index in [1.807, 2.05) is 0 Å². The Bertz CT molecular complexity index is 213. The van der Waals surface area contributed by atoms with E-state index in [0.717, 1.165) is 13.0 Å². The highest BCUT2D eigenvalue weighted by molar-refractivity contribution is 5.67. The number of carbonyl (C=O) groups is 1. The second-order valence-corrected chi connectivity index (χ2v) is 4.72. The van der Waals surface area contributed by atoms with Crippen molar-refractivity contribution in [3.8, 4) is 0 Å². The molecule has 14 heavy (non-hydrogen) atoms. The molecule has 0 amide bonds. The first-order valence-electron chi connectivity index (χ1n) is 5.52. The van der Waals surface area contributed by atoms with Crippen LogP contribution in [0.4, 0.5) is 0 Å². The van der Waals surface area contributed by atoms with Gasteiger partial charge in [0.05, 0.1) is 13.0 Å². The Morgan fingerprint density at radius 1 is 1.43 bits per heavy atom. The zero-order chi connectivity index (χ0) is 10.0. The van der Waals surface area contributed by atoms with Crippen LogP contribution in [0.3, 0.4) is 0 Å². The first-order valence-corrected chi connectivity index (χ1v) is 5.52. The smallest absolute Gasteiger partial charge is 0.304 e. The minimum absolute atomic E-state index is 0.0255. The maximum Gasteiger partial charge on any atom is 0.304 e. The van der Waals surface area contributed by atoms with Gasteiger partial charge in [-0.25, -0.2) is 0 Å². The van der Waals surface area contributed by atoms with Gasteiger partial charge in [0.25, 0.3) is 0 Å². The maximum atomic E-state index is 10.9. The molecule has 3 nitrogen and oxygen atoms in total. The number of carboxylic acid groups (broad SMARTS) is 1. The lowest BCUT2D eigenvalue weighted by Crippen LogP contribution is -2.32. The van der Waals surface area contributed by atoms with Crippen molar-refractivity contribution in [1.82, 2.24) is 0 Å². The van der Waals surface area contributed by atoms with E-state index in [0.29, 0.717) is 18.9 Å². The van der Waals surface area contributed by atoms with Gasteiger partial charge in [0.15, 0.2) is 0 Å². The molecule has 1 heterocycles. The fourth-order valence-electron chi connectivity index (χ4n) is 3.07. The van der Waals surface area contributed by atoms with Crippen LogP contribution in [0.15, 0.2) is 0 Å². The lowest BCUT2D eigenvalue weighted by molar-refractivity contribution is -0.140. The topological polar surface area (TPSA) is 46.5 Å². The average molecular weight is 198 g/mol. The highest BCUT2D eigenvalue weighted by atomic mass is 16.5. The Kier molecular flexibility index (Phi) is 2.77. The summed E-state index contributed by atoms with van der Waals surface area (Å²) in [5.74, 6) is -0.0662. The van der Waals surface area contributed by atoms with Gasteiger partial charge < -0.3 is 9.84 Å². The molecule has 1 atom stereocenters. The van der Waals surface area contributed by atoms with Crippen LogP contribution in [-0.4, -0.2) is 24.3 Å². The number of hydrogen-bond acceptors (Lipinski definition) is 2. The number of ether oxygens (including phenoxy) is 1. The minimum atomic E-state index is -0.664. The lowest BCUT2D eigenvalue weighted by atomic mass is 9.71. The molecule has 0 spiro atoms. The summed E-state index contributed by atoms with van der Waals surface area (Å²) in [6.45, 7) is 1.42. The second-order valence-electron chi connectivity index (χ2n) is 4.72. The quantitative estimate of drug-likeness (QED) is 0.755. The van der Waals surface area contributed by atoms with Crippen LogP contribution in [0.1, 0.15) is 38.5 Å². The molecule has 1 aliphatic carbocycles. The zero-order valence-electron chi connectivity index (χ0n) is 8.50. The van der Waals surface area contributed by atoms with Crippen LogP contribution in [0, 0.1) is 11.3 Å². The van der Waals surface area contributed by atoms with E-state index in [9.17, 15) is 4.79 Å². The number of rotatable bonds is 3. The summed E-state index contributed by atoms with van der Waals surface area (Å²) in [5, 5.41) is 8.94. The SMILES string of the molecule is O=C(O)CC1(C2CCCC2)CCOC1. The molecule has 3 heteroatoms. The third-order valence-electron chi connectivity index (χ3n) is 3.86. The van der Waals surface area contributed by atoms with Crippen molar-refractivity contribution >= 4 is 5.97 Å². The molecular formula is C11H18O3. The minimum Gasteiger partial charge on any atom is -0.481 e. The fraction of sp³-hybridized carbons (Fsp3) is 0.909. The van der Waals surface area contributed by atoms with Gasteiger partial charge in [0.2, 0.25) is 0 Å². The predicted molar refractivity (Wildman–Crippen MR) is 52.1 cm³/mol. The molecule has 1 aliphatic heterocycles. The second kappa shape index (κ2) is 3.89. The van der Waals surface area contributed by atoms with Crippen molar-refractivity contribution in [3.05, 3.63) is 0 Å². The third-order valence-corrected chi connectivity index (χ3v) is 3.86. The van der Waals surface area contributed by atoms with Gasteiger partial charge in [-0.05, 0) is 25.2 Å². The molecule has 1 saturated heterocycles. The van der Waals surface area contributed by atoms with Crippen LogP contribution in [0.5, 0.6) is 0 Å². The van der Waals surface area contributed by atoms with E-state index < -0.39 is 5.97 Å². The number of aliphatic carboxylic acids is 1. The molecular weight excluding hydrogens is 180 g/mol. The van der Waals surface area contributed by atoms with Crippen LogP contribution in [-0.2, 0) is 9.53 Å². The van der Waals surface area contributed by atoms with Crippen molar-refractivity contribution in [1.29, 1.82) is 0 Å². The van der Waals surface area contributed by atoms with Crippen molar-refractivity contribution < 1.29 is 14.6 Å². The molecule has 1 unspecified atom stereocenters. The number of carboxylic acids is 1. The molecule has 2 aliphatic rings. The maximum absolute atomic E-state index is 10.9. The van der Waals surface area contributed by atoms with Gasteiger partial charge in [0.1, 0.15) is 0 Å². The van der Waals surface area contributed by atoms with Gasteiger partial charge in [-0.15, -0.1) is 0 Å². The third kappa shape index (κ3) is 1.78. The summed E-state index contributed by atoms with van der Waals surface area (Å²) in [6.07, 6.45) is 6.20. The van der Waals surface area contributed by atoms with Crippen molar-refractivity contribution in [2.24, 2.45) is 11.3 Å². The Morgan fingerprint density at radius 3 is 2.64 bits per heavy atom. The summed E-state index contributed by atoms with van der Waals surface area (Å²) >= 11 is 0. The van der Waals surface area contributed by atoms with Crippen molar-refractivity contribution in [3.63, 3.8) is 0 Å². The Balaban J connectivity index is 2.08. The Labute approximate surface area is 84.4 Å². The molecule has 0 bridgehead atoms. The van der Waals surface area contributed by atoms with E-state index in [2.05, 4.69) is 0 Å². The van der Waals surface area contributed by atoms with Gasteiger partial charge in [-0.1, -0.05) is 12.8 Å². The number of hydrogen-bond donors (Lipinski definition) is 1. The van der Waals surface area contributed by atoms with Gasteiger partial charge in [-0.2, -0.15) is 0 Å². The van der Waals surface area contributed by atoms with E-state index in [1.165, 1.54) is 25.7 Å². The average Bonchev–Trinajstić information content (AvgIpc) is 2.69. The van der Waals surface area contributed by atoms with Crippen LogP contribution in [0.25, 0.3) is 0 Å². The van der Waals surface area contributed by atoms with E-state index >= 15 is 0 Å². The summed E-state index contributed by atoms with van der Waals surface area (Å²) < 4.78 is 5.41. The molecule has 0 radical (unpaired) electrons. The van der Waals surface area contributed by atoms with Gasteiger partial charge in [-0.3, -0.25) is 4.79 Å². The lowest BCUT2D eigenvalue weighted by Gasteiger charge is -2.32. The standard InChI is InChI=1S/C11H18O3/c12-10(13)7-11(5-6-14-8-11)9-3-1-2-4-9/h9H,1-8H2,(H,12,13). The molecule has 0 aromatic heterocycles. The summed E-state index contributed by atoms with van der Waals surface area (Å²) in [4.78, 5) is 10.9. The van der Waals surface area contributed by atoms with E-state index in [-0.39, 0.29) is 5.41 Å². The summed E-state index contributed by atoms with van der Waals surface area (Å²) in [6, 6.07) is 0. The zero-order valence-corrected chi connectivity index (χ0v) is 8.50. The fourth-order valence-corrected chi connectivity index (χ4v) is 3.07. The molecule has 1 N–H and O–H groups in total. The monoisotopic (exact) mass is 198 g/mol. The van der Waals surface area contributed by atoms with Crippen molar-refractivity contribution in [2.45, 2.75) is 38.5 Å². The van der Waals surface area contributed by atoms with Crippen LogP contribution >= 0.6 is 0 Å². The molecule has 80 valence electrons. The van der Waals surface area contributed by atoms with Gasteiger partial charge >= 0.3 is 5.97 Å². The van der Waals surface area contributed by atoms with Crippen LogP contribution in [0.2, 0.25) is 0 Å². The van der Waals surface area contributed by atoms with E-state index in [1.54, 1.807) is 0 Å². The van der Waals surface area contributed by atoms with E-state index in [4.69, 9.17) is 9.84 Å². The highest BCUT2D eigenvalue weighted by Gasteiger charge is 2.44. The molecule has 0 aromatic rings. The molecule has 1 saturated carbocycles. The summed E-state index contributed by atoms with van der Waals surface area (Å²) in [5.41, 5.74) is -0.0255. The first kappa shape index (κ1) is 9.97. The largest absolute Gasteiger partial charge is 0.481 e.